The van der Waals surface area contributed by atoms with Crippen LogP contribution < -0.4 is 0 Å². The number of rotatable bonds is 1. The number of hydrogen-bond donors (Lipinski definition) is 1. The van der Waals surface area contributed by atoms with Crippen LogP contribution in [0.25, 0.3) is 0 Å². The van der Waals surface area contributed by atoms with Gasteiger partial charge in [0.25, 0.3) is 0 Å². The summed E-state index contributed by atoms with van der Waals surface area (Å²) >= 11 is 0. The first-order chi connectivity index (χ1) is 6.17. The highest BCUT2D eigenvalue weighted by molar-refractivity contribution is 7.60. The molecule has 0 radical (unpaired) electrons. The molecule has 2 nitrogen and oxygen atoms in total. The second-order valence-corrected chi connectivity index (χ2v) is 9.17. The minimum absolute atomic E-state index is 0.0929. The van der Waals surface area contributed by atoms with Gasteiger partial charge in [-0.25, -0.2) is 0 Å². The monoisotopic (exact) mass is 216 g/mol. The number of carbonyl (C=O) groups is 1. The third kappa shape index (κ3) is 2.11. The first-order valence-electron chi connectivity index (χ1n) is 5.13. The van der Waals surface area contributed by atoms with Crippen LogP contribution in [0.4, 0.5) is 0 Å². The van der Waals surface area contributed by atoms with E-state index in [0.29, 0.717) is 0 Å². The van der Waals surface area contributed by atoms with Crippen LogP contribution in [0.15, 0.2) is 0 Å². The Hall–Kier alpha value is -0.100. The molecule has 0 aromatic heterocycles. The molecule has 1 aliphatic heterocycles. The molecule has 0 saturated carbocycles. The topological polar surface area (TPSA) is 37.3 Å². The lowest BCUT2D eigenvalue weighted by atomic mass is 9.87. The second kappa shape index (κ2) is 3.48. The van der Waals surface area contributed by atoms with Gasteiger partial charge in [-0.15, -0.1) is 0 Å². The average molecular weight is 216 g/mol. The lowest BCUT2D eigenvalue weighted by Crippen LogP contribution is -2.41. The molecule has 0 unspecified atom stereocenters. The fourth-order valence-electron chi connectivity index (χ4n) is 2.55. The lowest BCUT2D eigenvalue weighted by molar-refractivity contribution is -0.142. The van der Waals surface area contributed by atoms with Gasteiger partial charge in [-0.2, -0.15) is 0 Å². The molecule has 1 fully saturated rings. The summed E-state index contributed by atoms with van der Waals surface area (Å²) in [4.78, 5) is 11.0. The molecule has 1 saturated heterocycles. The lowest BCUT2D eigenvalue weighted by Gasteiger charge is -2.50. The molecular weight excluding hydrogens is 195 g/mol. The minimum atomic E-state index is -0.616. The first kappa shape index (κ1) is 12.0. The van der Waals surface area contributed by atoms with Crippen molar-refractivity contribution >= 4 is 13.9 Å². The van der Waals surface area contributed by atoms with Crippen LogP contribution in [0.2, 0.25) is 0 Å². The van der Waals surface area contributed by atoms with Gasteiger partial charge >= 0.3 is 5.97 Å². The molecule has 1 N–H and O–H groups in total. The van der Waals surface area contributed by atoms with E-state index in [1.165, 1.54) is 0 Å². The van der Waals surface area contributed by atoms with Crippen LogP contribution in [-0.4, -0.2) is 28.1 Å². The molecular formula is C11H21O2P. The Labute approximate surface area is 87.8 Å². The summed E-state index contributed by atoms with van der Waals surface area (Å²) in [7, 11) is -0.0929. The predicted octanol–water partition coefficient (Wildman–Crippen LogP) is 3.15. The van der Waals surface area contributed by atoms with E-state index in [4.69, 9.17) is 5.11 Å². The van der Waals surface area contributed by atoms with Crippen molar-refractivity contribution in [2.45, 2.75) is 50.8 Å². The quantitative estimate of drug-likeness (QED) is 0.683. The van der Waals surface area contributed by atoms with E-state index < -0.39 is 5.97 Å². The molecule has 1 rings (SSSR count). The molecule has 0 aromatic rings. The second-order valence-electron chi connectivity index (χ2n) is 5.63. The Balaban J connectivity index is 2.91. The van der Waals surface area contributed by atoms with Crippen molar-refractivity contribution in [1.29, 1.82) is 0 Å². The fourth-order valence-corrected chi connectivity index (χ4v) is 5.17. The van der Waals surface area contributed by atoms with Crippen LogP contribution >= 0.6 is 7.92 Å². The third-order valence-electron chi connectivity index (χ3n) is 3.66. The van der Waals surface area contributed by atoms with E-state index in [2.05, 4.69) is 34.4 Å². The van der Waals surface area contributed by atoms with Crippen LogP contribution in [0.5, 0.6) is 0 Å². The summed E-state index contributed by atoms with van der Waals surface area (Å²) in [6.07, 6.45) is 1.68. The van der Waals surface area contributed by atoms with Gasteiger partial charge in [-0.3, -0.25) is 4.79 Å². The van der Waals surface area contributed by atoms with Crippen molar-refractivity contribution < 1.29 is 9.90 Å². The summed E-state index contributed by atoms with van der Waals surface area (Å²) < 4.78 is 0. The Kier molecular flexibility index (Phi) is 2.98. The standard InChI is InChI=1S/C11H21O2P/c1-10(2)6-8(9(12)13)7-11(3,4)14(10)5/h8H,6-7H2,1-5H3,(H,12,13). The molecule has 1 aliphatic rings. The van der Waals surface area contributed by atoms with Crippen LogP contribution in [-0.2, 0) is 4.79 Å². The Morgan fingerprint density at radius 1 is 1.21 bits per heavy atom. The van der Waals surface area contributed by atoms with Crippen molar-refractivity contribution in [3.05, 3.63) is 0 Å². The molecule has 1 heterocycles. The van der Waals surface area contributed by atoms with Gasteiger partial charge in [-0.05, 0) is 29.8 Å². The smallest absolute Gasteiger partial charge is 0.306 e. The summed E-state index contributed by atoms with van der Waals surface area (Å²) in [5.74, 6) is -0.757. The van der Waals surface area contributed by atoms with E-state index in [-0.39, 0.29) is 24.2 Å². The number of aliphatic carboxylic acids is 1. The van der Waals surface area contributed by atoms with Crippen molar-refractivity contribution in [2.24, 2.45) is 5.92 Å². The normalized spacial score (nSPS) is 35.2. The van der Waals surface area contributed by atoms with Crippen molar-refractivity contribution in [3.8, 4) is 0 Å². The molecule has 0 bridgehead atoms. The van der Waals surface area contributed by atoms with E-state index >= 15 is 0 Å². The van der Waals surface area contributed by atoms with Crippen LogP contribution in [0.3, 0.4) is 0 Å². The highest BCUT2D eigenvalue weighted by Crippen LogP contribution is 2.64. The number of carboxylic acids is 1. The molecule has 3 heteroatoms. The zero-order valence-corrected chi connectivity index (χ0v) is 10.7. The van der Waals surface area contributed by atoms with Crippen molar-refractivity contribution in [1.82, 2.24) is 0 Å². The van der Waals surface area contributed by atoms with Gasteiger partial charge < -0.3 is 5.11 Å². The molecule has 0 amide bonds. The fraction of sp³-hybridized carbons (Fsp3) is 0.909. The maximum atomic E-state index is 11.0. The van der Waals surface area contributed by atoms with Gasteiger partial charge in [0.2, 0.25) is 0 Å². The minimum Gasteiger partial charge on any atom is -0.481 e. The maximum Gasteiger partial charge on any atom is 0.306 e. The largest absolute Gasteiger partial charge is 0.481 e. The van der Waals surface area contributed by atoms with Gasteiger partial charge in [-0.1, -0.05) is 35.6 Å². The summed E-state index contributed by atoms with van der Waals surface area (Å²) in [6, 6.07) is 0. The number of carboxylic acid groups (broad SMARTS) is 1. The predicted molar refractivity (Wildman–Crippen MR) is 61.4 cm³/mol. The third-order valence-corrected chi connectivity index (χ3v) is 7.65. The molecule has 0 aromatic carbocycles. The van der Waals surface area contributed by atoms with Gasteiger partial charge in [0.15, 0.2) is 0 Å². The Morgan fingerprint density at radius 2 is 1.57 bits per heavy atom. The van der Waals surface area contributed by atoms with Gasteiger partial charge in [0, 0.05) is 0 Å². The highest BCUT2D eigenvalue weighted by atomic mass is 31.1. The SMILES string of the molecule is CP1C(C)(C)CC(C(=O)O)CC1(C)C. The van der Waals surface area contributed by atoms with E-state index in [1.807, 2.05) is 0 Å². The maximum absolute atomic E-state index is 11.0. The number of hydrogen-bond acceptors (Lipinski definition) is 1. The average Bonchev–Trinajstić information content (AvgIpc) is 1.98. The Bertz CT molecular complexity index is 228. The van der Waals surface area contributed by atoms with Crippen LogP contribution in [0, 0.1) is 5.92 Å². The van der Waals surface area contributed by atoms with Crippen LogP contribution in [0.1, 0.15) is 40.5 Å². The van der Waals surface area contributed by atoms with E-state index in [1.54, 1.807) is 0 Å². The van der Waals surface area contributed by atoms with Crippen molar-refractivity contribution in [3.63, 3.8) is 0 Å². The first-order valence-corrected chi connectivity index (χ1v) is 6.92. The zero-order chi connectivity index (χ0) is 11.1. The molecule has 14 heavy (non-hydrogen) atoms. The van der Waals surface area contributed by atoms with E-state index in [0.717, 1.165) is 12.8 Å². The molecule has 82 valence electrons. The van der Waals surface area contributed by atoms with Crippen molar-refractivity contribution in [2.75, 3.05) is 6.66 Å². The summed E-state index contributed by atoms with van der Waals surface area (Å²) in [5.41, 5.74) is 0. The summed E-state index contributed by atoms with van der Waals surface area (Å²) in [6.45, 7) is 11.2. The molecule has 0 aliphatic carbocycles. The summed E-state index contributed by atoms with van der Waals surface area (Å²) in [5, 5.41) is 9.51. The highest BCUT2D eigenvalue weighted by Gasteiger charge is 2.46. The molecule has 0 atom stereocenters. The van der Waals surface area contributed by atoms with E-state index in [9.17, 15) is 4.79 Å². The zero-order valence-electron chi connectivity index (χ0n) is 9.79. The van der Waals surface area contributed by atoms with Gasteiger partial charge in [0.1, 0.15) is 0 Å². The molecule has 0 spiro atoms. The van der Waals surface area contributed by atoms with Gasteiger partial charge in [0.05, 0.1) is 5.92 Å². The Morgan fingerprint density at radius 3 is 1.86 bits per heavy atom.